The molecule has 0 unspecified atom stereocenters. The van der Waals surface area contributed by atoms with Crippen molar-refractivity contribution in [2.24, 2.45) is 4.99 Å². The molecule has 23 heavy (non-hydrogen) atoms. The second-order valence-corrected chi connectivity index (χ2v) is 7.04. The van der Waals surface area contributed by atoms with Gasteiger partial charge >= 0.3 is 6.03 Å². The largest absolute Gasteiger partial charge is 0.343 e. The third-order valence-corrected chi connectivity index (χ3v) is 4.73. The molecule has 1 aromatic carbocycles. The van der Waals surface area contributed by atoms with Gasteiger partial charge in [-0.1, -0.05) is 54.6 Å². The molecule has 0 heterocycles. The molecule has 1 aliphatic carbocycles. The minimum Gasteiger partial charge on any atom is -0.323 e. The number of carbonyl (C=O) groups is 1. The van der Waals surface area contributed by atoms with E-state index in [0.29, 0.717) is 11.1 Å². The molecule has 0 aliphatic heterocycles. The van der Waals surface area contributed by atoms with Gasteiger partial charge < -0.3 is 4.90 Å². The molecule has 1 saturated carbocycles. The molecule has 0 N–H and O–H groups in total. The smallest absolute Gasteiger partial charge is 0.323 e. The molecule has 0 spiro atoms. The van der Waals surface area contributed by atoms with E-state index in [-0.39, 0.29) is 23.6 Å². The van der Waals surface area contributed by atoms with E-state index in [1.165, 1.54) is 12.5 Å². The number of rotatable bonds is 3. The summed E-state index contributed by atoms with van der Waals surface area (Å²) in [6, 6.07) is 4.40. The molecule has 1 aromatic rings. The fourth-order valence-corrected chi connectivity index (χ4v) is 3.15. The molecule has 6 heteroatoms. The van der Waals surface area contributed by atoms with Gasteiger partial charge in [0.05, 0.1) is 5.71 Å². The molecular weight excluding hydrogens is 338 g/mol. The summed E-state index contributed by atoms with van der Waals surface area (Å²) in [5, 5.41) is 0. The summed E-state index contributed by atoms with van der Waals surface area (Å²) < 4.78 is 13.8. The van der Waals surface area contributed by atoms with E-state index >= 15 is 0 Å². The van der Waals surface area contributed by atoms with Crippen LogP contribution in [0.5, 0.6) is 0 Å². The van der Waals surface area contributed by atoms with E-state index < -0.39 is 4.84 Å². The normalized spacial score (nSPS) is 16.7. The number of hydrogen-bond donors (Lipinski definition) is 0. The molecule has 3 nitrogen and oxygen atoms in total. The fourth-order valence-electron chi connectivity index (χ4n) is 2.80. The molecule has 0 atom stereocenters. The lowest BCUT2D eigenvalue weighted by Crippen LogP contribution is -2.37. The molecular formula is C17H21Cl2FN2O. The number of alkyl halides is 2. The second-order valence-electron chi connectivity index (χ2n) is 5.95. The van der Waals surface area contributed by atoms with Crippen molar-refractivity contribution in [1.82, 2.24) is 4.90 Å². The standard InChI is InChI=1S/C17H21Cl2FN2O/c1-11-8-9-12(10-14(11)20)15(16(18)19)21-17(23)22(2)13-6-4-3-5-7-13/h8-10,13,16H,3-7H2,1-2H3. The Balaban J connectivity index is 2.23. The number of halogens is 3. The van der Waals surface area contributed by atoms with Gasteiger partial charge in [-0.15, -0.1) is 0 Å². The summed E-state index contributed by atoms with van der Waals surface area (Å²) in [5.41, 5.74) is 1.12. The maximum atomic E-state index is 13.8. The lowest BCUT2D eigenvalue weighted by atomic mass is 9.95. The number of aryl methyl sites for hydroxylation is 1. The second kappa shape index (κ2) is 8.11. The van der Waals surface area contributed by atoms with Crippen molar-refractivity contribution in [3.63, 3.8) is 0 Å². The molecule has 2 rings (SSSR count). The van der Waals surface area contributed by atoms with Gasteiger partial charge in [0.15, 0.2) is 0 Å². The Morgan fingerprint density at radius 3 is 2.52 bits per heavy atom. The van der Waals surface area contributed by atoms with Crippen LogP contribution in [-0.2, 0) is 0 Å². The van der Waals surface area contributed by atoms with Gasteiger partial charge in [-0.2, -0.15) is 4.99 Å². The van der Waals surface area contributed by atoms with Gasteiger partial charge in [-0.05, 0) is 31.4 Å². The summed E-state index contributed by atoms with van der Waals surface area (Å²) in [6.07, 6.45) is 5.42. The van der Waals surface area contributed by atoms with E-state index in [9.17, 15) is 9.18 Å². The van der Waals surface area contributed by atoms with Crippen LogP contribution >= 0.6 is 23.2 Å². The number of aliphatic imine (C=N–C) groups is 1. The van der Waals surface area contributed by atoms with E-state index in [1.54, 1.807) is 31.0 Å². The van der Waals surface area contributed by atoms with Gasteiger partial charge in [0, 0.05) is 18.7 Å². The average molecular weight is 359 g/mol. The van der Waals surface area contributed by atoms with Crippen molar-refractivity contribution in [1.29, 1.82) is 0 Å². The number of benzene rings is 1. The lowest BCUT2D eigenvalue weighted by Gasteiger charge is -2.30. The molecule has 1 fully saturated rings. The molecule has 0 aromatic heterocycles. The first kappa shape index (κ1) is 18.2. The molecule has 2 amide bonds. The number of nitrogens with zero attached hydrogens (tertiary/aromatic N) is 2. The van der Waals surface area contributed by atoms with Crippen molar-refractivity contribution in [3.05, 3.63) is 35.1 Å². The van der Waals surface area contributed by atoms with Crippen molar-refractivity contribution in [2.75, 3.05) is 7.05 Å². The minimum absolute atomic E-state index is 0.180. The molecule has 0 radical (unpaired) electrons. The van der Waals surface area contributed by atoms with Crippen LogP contribution in [0, 0.1) is 12.7 Å². The monoisotopic (exact) mass is 358 g/mol. The SMILES string of the molecule is Cc1ccc(C(=NC(=O)N(C)C2CCCCC2)C(Cl)Cl)cc1F. The van der Waals surface area contributed by atoms with Crippen LogP contribution in [0.3, 0.4) is 0 Å². The Morgan fingerprint density at radius 2 is 1.96 bits per heavy atom. The Morgan fingerprint density at radius 1 is 1.30 bits per heavy atom. The summed E-state index contributed by atoms with van der Waals surface area (Å²) in [7, 11) is 1.74. The van der Waals surface area contributed by atoms with E-state index in [4.69, 9.17) is 23.2 Å². The van der Waals surface area contributed by atoms with E-state index in [2.05, 4.69) is 4.99 Å². The highest BCUT2D eigenvalue weighted by atomic mass is 35.5. The van der Waals surface area contributed by atoms with E-state index in [0.717, 1.165) is 25.7 Å². The highest BCUT2D eigenvalue weighted by Gasteiger charge is 2.23. The Bertz CT molecular complexity index is 598. The van der Waals surface area contributed by atoms with Crippen LogP contribution in [-0.4, -0.2) is 34.6 Å². The van der Waals surface area contributed by atoms with Gasteiger partial charge in [0.25, 0.3) is 0 Å². The van der Waals surface area contributed by atoms with Gasteiger partial charge in [-0.25, -0.2) is 9.18 Å². The first-order valence-electron chi connectivity index (χ1n) is 7.80. The summed E-state index contributed by atoms with van der Waals surface area (Å²) in [5.74, 6) is -0.378. The summed E-state index contributed by atoms with van der Waals surface area (Å²) in [4.78, 5) is 17.1. The predicted octanol–water partition coefficient (Wildman–Crippen LogP) is 5.11. The van der Waals surface area contributed by atoms with Crippen LogP contribution in [0.4, 0.5) is 9.18 Å². The quantitative estimate of drug-likeness (QED) is 0.545. The predicted molar refractivity (Wildman–Crippen MR) is 93.2 cm³/mol. The number of hydrogen-bond acceptors (Lipinski definition) is 1. The van der Waals surface area contributed by atoms with Crippen LogP contribution in [0.2, 0.25) is 0 Å². The molecule has 126 valence electrons. The lowest BCUT2D eigenvalue weighted by molar-refractivity contribution is 0.183. The fraction of sp³-hybridized carbons (Fsp3) is 0.529. The third-order valence-electron chi connectivity index (χ3n) is 4.31. The van der Waals surface area contributed by atoms with Crippen LogP contribution < -0.4 is 0 Å². The third kappa shape index (κ3) is 4.67. The van der Waals surface area contributed by atoms with E-state index in [1.807, 2.05) is 0 Å². The molecule has 1 aliphatic rings. The summed E-state index contributed by atoms with van der Waals surface area (Å²) >= 11 is 11.9. The van der Waals surface area contributed by atoms with Gasteiger partial charge in [0.2, 0.25) is 0 Å². The zero-order valence-corrected chi connectivity index (χ0v) is 14.9. The van der Waals surface area contributed by atoms with Crippen molar-refractivity contribution in [2.45, 2.75) is 49.9 Å². The van der Waals surface area contributed by atoms with Crippen molar-refractivity contribution in [3.8, 4) is 0 Å². The van der Waals surface area contributed by atoms with Crippen molar-refractivity contribution < 1.29 is 9.18 Å². The first-order valence-corrected chi connectivity index (χ1v) is 8.67. The average Bonchev–Trinajstić information content (AvgIpc) is 2.55. The summed E-state index contributed by atoms with van der Waals surface area (Å²) in [6.45, 7) is 1.66. The van der Waals surface area contributed by atoms with Gasteiger partial charge in [0.1, 0.15) is 10.7 Å². The highest BCUT2D eigenvalue weighted by Crippen LogP contribution is 2.23. The Labute approximate surface area is 146 Å². The minimum atomic E-state index is -0.999. The number of urea groups is 1. The topological polar surface area (TPSA) is 32.7 Å². The number of carbonyl (C=O) groups excluding carboxylic acids is 1. The van der Waals surface area contributed by atoms with Crippen LogP contribution in [0.1, 0.15) is 43.2 Å². The highest BCUT2D eigenvalue weighted by molar-refractivity contribution is 6.56. The van der Waals surface area contributed by atoms with Crippen LogP contribution in [0.25, 0.3) is 0 Å². The maximum Gasteiger partial charge on any atom is 0.343 e. The van der Waals surface area contributed by atoms with Crippen LogP contribution in [0.15, 0.2) is 23.2 Å². The Hall–Kier alpha value is -1.13. The maximum absolute atomic E-state index is 13.8. The zero-order chi connectivity index (χ0) is 17.0. The number of amides is 2. The zero-order valence-electron chi connectivity index (χ0n) is 13.4. The Kier molecular flexibility index (Phi) is 6.42. The molecule has 0 bridgehead atoms. The molecule has 0 saturated heterocycles. The van der Waals surface area contributed by atoms with Gasteiger partial charge in [-0.3, -0.25) is 0 Å². The van der Waals surface area contributed by atoms with Crippen molar-refractivity contribution >= 4 is 34.9 Å². The first-order chi connectivity index (χ1) is 10.9.